The van der Waals surface area contributed by atoms with Gasteiger partial charge >= 0.3 is 5.97 Å². The first-order valence-corrected chi connectivity index (χ1v) is 17.7. The number of unbranched alkanes of at least 4 members (excludes halogenated alkanes) is 2. The van der Waals surface area contributed by atoms with Crippen LogP contribution in [-0.2, 0) is 27.5 Å². The van der Waals surface area contributed by atoms with E-state index in [1.165, 1.54) is 17.3 Å². The van der Waals surface area contributed by atoms with Crippen LogP contribution >= 0.6 is 11.8 Å². The topological polar surface area (TPSA) is 180 Å². The first-order valence-electron chi connectivity index (χ1n) is 16.6. The number of hydrogen-bond donors (Lipinski definition) is 5. The molecule has 1 aromatic carbocycles. The number of carbonyl (C=O) groups is 3. The fraction of sp³-hybridized carbons (Fsp3) is 0.545. The summed E-state index contributed by atoms with van der Waals surface area (Å²) < 4.78 is 7.97. The molecule has 2 aromatic heterocycles. The minimum Gasteiger partial charge on any atom is -0.496 e. The van der Waals surface area contributed by atoms with Gasteiger partial charge in [0.1, 0.15) is 17.3 Å². The van der Waals surface area contributed by atoms with E-state index in [0.717, 1.165) is 93.2 Å². The number of carboxylic acids is 1. The normalized spacial score (nSPS) is 18.8. The van der Waals surface area contributed by atoms with Crippen molar-refractivity contribution in [2.24, 2.45) is 0 Å². The molecule has 6 N–H and O–H groups in total. The molecule has 2 amide bonds. The number of nitrogens with one attached hydrogen (secondary N) is 3. The third kappa shape index (κ3) is 9.29. The summed E-state index contributed by atoms with van der Waals surface area (Å²) in [6, 6.07) is 7.48. The maximum absolute atomic E-state index is 12.4. The number of benzene rings is 1. The van der Waals surface area contributed by atoms with Crippen molar-refractivity contribution in [3.8, 4) is 5.75 Å². The number of piperazine rings is 1. The average molecular weight is 682 g/mol. The molecule has 0 saturated carbocycles. The Bertz CT molecular complexity index is 1580. The van der Waals surface area contributed by atoms with Gasteiger partial charge in [0.05, 0.1) is 24.4 Å². The lowest BCUT2D eigenvalue weighted by molar-refractivity contribution is -0.141. The zero-order chi connectivity index (χ0) is 34.0. The molecule has 0 spiro atoms. The van der Waals surface area contributed by atoms with Crippen LogP contribution in [0.25, 0.3) is 11.0 Å². The third-order valence-electron chi connectivity index (χ3n) is 8.76. The highest BCUT2D eigenvalue weighted by atomic mass is 32.2. The first kappa shape index (κ1) is 35.2. The SMILES string of the molecule is CCCCCNc1nc(N)nc2ccn(Cc3ccc(CN4CCN(CCNC(=O)C[C@H]5SCC(C(=O)O)NC5=O)CC4)cc3OC)c12. The van der Waals surface area contributed by atoms with Gasteiger partial charge in [-0.05, 0) is 24.1 Å². The van der Waals surface area contributed by atoms with E-state index in [-0.39, 0.29) is 24.0 Å². The monoisotopic (exact) mass is 681 g/mol. The van der Waals surface area contributed by atoms with Crippen molar-refractivity contribution >= 4 is 52.3 Å². The van der Waals surface area contributed by atoms with Crippen molar-refractivity contribution in [1.82, 2.24) is 35.0 Å². The van der Waals surface area contributed by atoms with Crippen LogP contribution in [0.2, 0.25) is 0 Å². The van der Waals surface area contributed by atoms with E-state index < -0.39 is 23.2 Å². The van der Waals surface area contributed by atoms with E-state index in [1.807, 2.05) is 12.3 Å². The molecule has 48 heavy (non-hydrogen) atoms. The largest absolute Gasteiger partial charge is 0.496 e. The predicted octanol–water partition coefficient (Wildman–Crippen LogP) is 1.98. The van der Waals surface area contributed by atoms with Gasteiger partial charge in [-0.1, -0.05) is 31.9 Å². The number of aromatic nitrogens is 3. The van der Waals surface area contributed by atoms with E-state index >= 15 is 0 Å². The molecule has 5 rings (SSSR count). The van der Waals surface area contributed by atoms with Gasteiger partial charge in [-0.25, -0.2) is 9.78 Å². The number of fused-ring (bicyclic) bond motifs is 1. The third-order valence-corrected chi connectivity index (χ3v) is 10.1. The summed E-state index contributed by atoms with van der Waals surface area (Å²) in [6.45, 7) is 9.28. The molecule has 14 nitrogen and oxygen atoms in total. The maximum Gasteiger partial charge on any atom is 0.327 e. The number of carboxylic acid groups (broad SMARTS) is 1. The summed E-state index contributed by atoms with van der Waals surface area (Å²) in [4.78, 5) is 49.3. The summed E-state index contributed by atoms with van der Waals surface area (Å²) in [5, 5.41) is 17.3. The van der Waals surface area contributed by atoms with Crippen LogP contribution in [0, 0.1) is 0 Å². The minimum absolute atomic E-state index is 0.0435. The zero-order valence-corrected chi connectivity index (χ0v) is 28.6. The molecular weight excluding hydrogens is 634 g/mol. The molecule has 1 unspecified atom stereocenters. The number of anilines is 2. The summed E-state index contributed by atoms with van der Waals surface area (Å²) in [6.07, 6.45) is 5.43. The highest BCUT2D eigenvalue weighted by molar-refractivity contribution is 8.00. The maximum atomic E-state index is 12.4. The summed E-state index contributed by atoms with van der Waals surface area (Å²) in [5.41, 5.74) is 9.98. The lowest BCUT2D eigenvalue weighted by Gasteiger charge is -2.34. The molecular formula is C33H47N9O5S. The number of nitrogen functional groups attached to an aromatic ring is 1. The Morgan fingerprint density at radius 2 is 1.90 bits per heavy atom. The van der Waals surface area contributed by atoms with Crippen LogP contribution in [0.3, 0.4) is 0 Å². The van der Waals surface area contributed by atoms with Crippen LogP contribution in [0.1, 0.15) is 43.7 Å². The number of carbonyl (C=O) groups excluding carboxylic acids is 2. The summed E-state index contributed by atoms with van der Waals surface area (Å²) >= 11 is 1.22. The van der Waals surface area contributed by atoms with Gasteiger partial charge in [0, 0.05) is 76.3 Å². The van der Waals surface area contributed by atoms with Gasteiger partial charge in [0.2, 0.25) is 17.8 Å². The Morgan fingerprint density at radius 3 is 2.62 bits per heavy atom. The molecule has 3 aromatic rings. The van der Waals surface area contributed by atoms with Gasteiger partial charge in [-0.2, -0.15) is 4.98 Å². The number of nitrogens with two attached hydrogens (primary N) is 1. The molecule has 0 radical (unpaired) electrons. The number of thioether (sulfide) groups is 1. The highest BCUT2D eigenvalue weighted by Gasteiger charge is 2.33. The Morgan fingerprint density at radius 1 is 1.10 bits per heavy atom. The van der Waals surface area contributed by atoms with E-state index in [9.17, 15) is 14.4 Å². The fourth-order valence-electron chi connectivity index (χ4n) is 6.07. The second kappa shape index (κ2) is 16.8. The molecule has 2 fully saturated rings. The van der Waals surface area contributed by atoms with Crippen molar-refractivity contribution in [3.05, 3.63) is 41.6 Å². The second-order valence-electron chi connectivity index (χ2n) is 12.3. The number of amides is 2. The summed E-state index contributed by atoms with van der Waals surface area (Å²) in [5.74, 6) is 0.451. The van der Waals surface area contributed by atoms with E-state index in [1.54, 1.807) is 7.11 Å². The van der Waals surface area contributed by atoms with Gasteiger partial charge in [-0.15, -0.1) is 11.8 Å². The molecule has 2 aliphatic rings. The highest BCUT2D eigenvalue weighted by Crippen LogP contribution is 2.28. The van der Waals surface area contributed by atoms with Gasteiger partial charge in [0.15, 0.2) is 5.82 Å². The van der Waals surface area contributed by atoms with Crippen molar-refractivity contribution < 1.29 is 24.2 Å². The lowest BCUT2D eigenvalue weighted by atomic mass is 10.1. The molecule has 0 aliphatic carbocycles. The number of rotatable bonds is 16. The van der Waals surface area contributed by atoms with Crippen molar-refractivity contribution in [1.29, 1.82) is 0 Å². The van der Waals surface area contributed by atoms with E-state index in [2.05, 4.69) is 65.4 Å². The quantitative estimate of drug-likeness (QED) is 0.139. The number of aliphatic carboxylic acids is 1. The van der Waals surface area contributed by atoms with Gasteiger partial charge in [0.25, 0.3) is 0 Å². The Kier molecular flexibility index (Phi) is 12.4. The van der Waals surface area contributed by atoms with Gasteiger partial charge in [-0.3, -0.25) is 19.4 Å². The molecule has 2 aliphatic heterocycles. The lowest BCUT2D eigenvalue weighted by Crippen LogP contribution is -2.51. The first-order chi connectivity index (χ1) is 23.2. The second-order valence-corrected chi connectivity index (χ2v) is 13.5. The van der Waals surface area contributed by atoms with Crippen molar-refractivity contribution in [2.45, 2.75) is 57.0 Å². The van der Waals surface area contributed by atoms with E-state index in [4.69, 9.17) is 15.6 Å². The number of methoxy groups -OCH3 is 1. The van der Waals surface area contributed by atoms with Crippen LogP contribution in [0.4, 0.5) is 11.8 Å². The number of ether oxygens (including phenoxy) is 1. The van der Waals surface area contributed by atoms with Gasteiger partial charge < -0.3 is 36.1 Å². The molecule has 4 heterocycles. The van der Waals surface area contributed by atoms with Crippen LogP contribution < -0.4 is 26.4 Å². The predicted molar refractivity (Wildman–Crippen MR) is 187 cm³/mol. The molecule has 0 bridgehead atoms. The fourth-order valence-corrected chi connectivity index (χ4v) is 7.20. The van der Waals surface area contributed by atoms with E-state index in [0.29, 0.717) is 13.1 Å². The Labute approximate surface area is 285 Å². The van der Waals surface area contributed by atoms with Crippen LogP contribution in [-0.4, -0.2) is 117 Å². The minimum atomic E-state index is -1.06. The zero-order valence-electron chi connectivity index (χ0n) is 27.7. The number of nitrogens with zero attached hydrogens (tertiary/aromatic N) is 5. The Balaban J connectivity index is 1.08. The Hall–Kier alpha value is -4.08. The van der Waals surface area contributed by atoms with Crippen molar-refractivity contribution in [3.63, 3.8) is 0 Å². The van der Waals surface area contributed by atoms with Crippen molar-refractivity contribution in [2.75, 3.05) is 69.7 Å². The molecule has 260 valence electrons. The molecule has 2 saturated heterocycles. The molecule has 15 heteroatoms. The number of hydrogen-bond acceptors (Lipinski definition) is 11. The average Bonchev–Trinajstić information content (AvgIpc) is 3.47. The van der Waals surface area contributed by atoms with Crippen LogP contribution in [0.5, 0.6) is 5.75 Å². The smallest absolute Gasteiger partial charge is 0.327 e. The van der Waals surface area contributed by atoms with Crippen LogP contribution in [0.15, 0.2) is 30.5 Å². The standard InChI is InChI=1S/C33H47N9O5S/c1-3-4-5-9-36-30-29-24(38-33(34)39-30)8-11-42(29)20-23-7-6-22(17-26(23)47-2)19-41-15-13-40(14-16-41)12-10-35-28(43)18-27-31(44)37-25(21-48-27)32(45)46/h6-8,11,17,25,27H,3-5,9-10,12-16,18-21H2,1-2H3,(H,35,43)(H,37,44)(H,45,46)(H3,34,36,38,39)/t25?,27-/m1/s1. The molecule has 2 atom stereocenters. The summed E-state index contributed by atoms with van der Waals surface area (Å²) in [7, 11) is 1.70.